The molecule has 27 heavy (non-hydrogen) atoms. The van der Waals surface area contributed by atoms with Gasteiger partial charge in [-0.1, -0.05) is 57.2 Å². The second-order valence-electron chi connectivity index (χ2n) is 7.68. The van der Waals surface area contributed by atoms with Crippen LogP contribution < -0.4 is 10.6 Å². The molecular weight excluding hydrogens is 342 g/mol. The molecular formula is C21H29N3O3. The summed E-state index contributed by atoms with van der Waals surface area (Å²) in [5.41, 5.74) is 1.97. The molecule has 4 amide bonds. The van der Waals surface area contributed by atoms with Gasteiger partial charge in [-0.05, 0) is 37.3 Å². The minimum Gasteiger partial charge on any atom is -0.324 e. The Labute approximate surface area is 160 Å². The van der Waals surface area contributed by atoms with E-state index in [2.05, 4.69) is 10.6 Å². The Balaban J connectivity index is 1.71. The van der Waals surface area contributed by atoms with Crippen molar-refractivity contribution in [3.8, 4) is 0 Å². The van der Waals surface area contributed by atoms with Gasteiger partial charge in [-0.3, -0.25) is 14.5 Å². The number of carbonyl (C=O) groups is 3. The zero-order chi connectivity index (χ0) is 19.4. The van der Waals surface area contributed by atoms with E-state index in [1.807, 2.05) is 32.0 Å². The molecule has 0 bridgehead atoms. The third kappa shape index (κ3) is 3.99. The molecule has 2 N–H and O–H groups in total. The average molecular weight is 371 g/mol. The molecule has 3 rings (SSSR count). The molecule has 146 valence electrons. The third-order valence-corrected chi connectivity index (χ3v) is 5.76. The first-order valence-corrected chi connectivity index (χ1v) is 9.99. The number of para-hydroxylation sites is 1. The minimum atomic E-state index is -0.810. The van der Waals surface area contributed by atoms with Crippen molar-refractivity contribution in [3.05, 3.63) is 29.3 Å². The summed E-state index contributed by atoms with van der Waals surface area (Å²) in [6.45, 7) is 3.72. The van der Waals surface area contributed by atoms with Gasteiger partial charge >= 0.3 is 6.03 Å². The van der Waals surface area contributed by atoms with Crippen LogP contribution in [0, 0.1) is 6.92 Å². The summed E-state index contributed by atoms with van der Waals surface area (Å²) >= 11 is 0. The van der Waals surface area contributed by atoms with Gasteiger partial charge in [0.05, 0.1) is 0 Å². The number of amides is 4. The average Bonchev–Trinajstić information content (AvgIpc) is 2.85. The maximum Gasteiger partial charge on any atom is 0.325 e. The first kappa shape index (κ1) is 19.4. The molecule has 0 radical (unpaired) electrons. The molecule has 6 heteroatoms. The molecule has 1 saturated heterocycles. The molecule has 1 aliphatic heterocycles. The standard InChI is InChI=1S/C21H29N3O3/c1-3-16-11-9-10-15(2)18(16)22-17(25)14-24-19(26)21(23-20(24)27)12-7-5-4-6-8-13-21/h9-11H,3-8,12-14H2,1-2H3,(H,22,25)(H,23,27). The zero-order valence-corrected chi connectivity index (χ0v) is 16.3. The summed E-state index contributed by atoms with van der Waals surface area (Å²) in [5.74, 6) is -0.588. The topological polar surface area (TPSA) is 78.5 Å². The van der Waals surface area contributed by atoms with Crippen molar-refractivity contribution in [2.75, 3.05) is 11.9 Å². The van der Waals surface area contributed by atoms with Gasteiger partial charge < -0.3 is 10.6 Å². The lowest BCUT2D eigenvalue weighted by molar-refractivity contribution is -0.134. The summed E-state index contributed by atoms with van der Waals surface area (Å²) in [6.07, 6.45) is 7.31. The largest absolute Gasteiger partial charge is 0.325 e. The van der Waals surface area contributed by atoms with Gasteiger partial charge in [-0.25, -0.2) is 4.79 Å². The van der Waals surface area contributed by atoms with Gasteiger partial charge in [0.1, 0.15) is 12.1 Å². The zero-order valence-electron chi connectivity index (χ0n) is 16.3. The van der Waals surface area contributed by atoms with Crippen LogP contribution >= 0.6 is 0 Å². The van der Waals surface area contributed by atoms with Crippen LogP contribution in [-0.2, 0) is 16.0 Å². The molecule has 1 aromatic rings. The third-order valence-electron chi connectivity index (χ3n) is 5.76. The van der Waals surface area contributed by atoms with Crippen LogP contribution in [0.2, 0.25) is 0 Å². The van der Waals surface area contributed by atoms with Crippen LogP contribution in [0.25, 0.3) is 0 Å². The Bertz CT molecular complexity index is 736. The van der Waals surface area contributed by atoms with Gasteiger partial charge in [0.15, 0.2) is 0 Å². The Kier molecular flexibility index (Phi) is 5.82. The van der Waals surface area contributed by atoms with E-state index in [0.717, 1.165) is 53.8 Å². The minimum absolute atomic E-state index is 0.245. The molecule has 0 unspecified atom stereocenters. The lowest BCUT2D eigenvalue weighted by atomic mass is 9.84. The van der Waals surface area contributed by atoms with E-state index in [-0.39, 0.29) is 18.4 Å². The highest BCUT2D eigenvalue weighted by Gasteiger charge is 2.50. The monoisotopic (exact) mass is 371 g/mol. The fraction of sp³-hybridized carbons (Fsp3) is 0.571. The summed E-state index contributed by atoms with van der Waals surface area (Å²) in [5, 5.41) is 5.80. The number of hydrogen-bond acceptors (Lipinski definition) is 3. The number of anilines is 1. The summed E-state index contributed by atoms with van der Waals surface area (Å²) < 4.78 is 0. The van der Waals surface area contributed by atoms with E-state index in [1.165, 1.54) is 6.42 Å². The van der Waals surface area contributed by atoms with Crippen molar-refractivity contribution in [2.45, 2.75) is 70.8 Å². The van der Waals surface area contributed by atoms with Crippen molar-refractivity contribution >= 4 is 23.5 Å². The van der Waals surface area contributed by atoms with Crippen molar-refractivity contribution in [1.29, 1.82) is 0 Å². The highest BCUT2D eigenvalue weighted by molar-refractivity contribution is 6.10. The Morgan fingerprint density at radius 3 is 2.48 bits per heavy atom. The number of aryl methyl sites for hydroxylation is 2. The van der Waals surface area contributed by atoms with Crippen LogP contribution in [0.1, 0.15) is 63.0 Å². The number of carbonyl (C=O) groups excluding carboxylic acids is 3. The van der Waals surface area contributed by atoms with Gasteiger partial charge in [0.25, 0.3) is 5.91 Å². The Morgan fingerprint density at radius 2 is 1.81 bits per heavy atom. The van der Waals surface area contributed by atoms with E-state index >= 15 is 0 Å². The number of nitrogens with one attached hydrogen (secondary N) is 2. The van der Waals surface area contributed by atoms with Gasteiger partial charge in [-0.15, -0.1) is 0 Å². The molecule has 1 spiro atoms. The highest BCUT2D eigenvalue weighted by atomic mass is 16.2. The normalized spacial score (nSPS) is 19.6. The van der Waals surface area contributed by atoms with Crippen LogP contribution in [-0.4, -0.2) is 34.8 Å². The maximum absolute atomic E-state index is 13.0. The number of benzene rings is 1. The number of imide groups is 1. The molecule has 1 aromatic carbocycles. The molecule has 2 fully saturated rings. The number of urea groups is 1. The van der Waals surface area contributed by atoms with E-state index in [0.29, 0.717) is 12.8 Å². The lowest BCUT2D eigenvalue weighted by Crippen LogP contribution is -2.47. The quantitative estimate of drug-likeness (QED) is 0.795. The van der Waals surface area contributed by atoms with Crippen LogP contribution in [0.3, 0.4) is 0 Å². The van der Waals surface area contributed by atoms with E-state index < -0.39 is 11.6 Å². The molecule has 0 aromatic heterocycles. The van der Waals surface area contributed by atoms with Crippen molar-refractivity contribution < 1.29 is 14.4 Å². The molecule has 6 nitrogen and oxygen atoms in total. The molecule has 1 heterocycles. The number of nitrogens with zero attached hydrogens (tertiary/aromatic N) is 1. The predicted octanol–water partition coefficient (Wildman–Crippen LogP) is 3.53. The van der Waals surface area contributed by atoms with E-state index in [4.69, 9.17) is 0 Å². The fourth-order valence-electron chi connectivity index (χ4n) is 4.19. The summed E-state index contributed by atoms with van der Waals surface area (Å²) in [7, 11) is 0. The van der Waals surface area contributed by atoms with Gasteiger partial charge in [0, 0.05) is 5.69 Å². The van der Waals surface area contributed by atoms with Crippen LogP contribution in [0.15, 0.2) is 18.2 Å². The second-order valence-corrected chi connectivity index (χ2v) is 7.68. The SMILES string of the molecule is CCc1cccc(C)c1NC(=O)CN1C(=O)NC2(CCCCCCC2)C1=O. The first-order valence-electron chi connectivity index (χ1n) is 9.99. The lowest BCUT2D eigenvalue weighted by Gasteiger charge is -2.28. The maximum atomic E-state index is 13.0. The van der Waals surface area contributed by atoms with Gasteiger partial charge in [-0.2, -0.15) is 0 Å². The smallest absolute Gasteiger partial charge is 0.324 e. The van der Waals surface area contributed by atoms with Gasteiger partial charge in [0.2, 0.25) is 5.91 Å². The van der Waals surface area contributed by atoms with E-state index in [9.17, 15) is 14.4 Å². The molecule has 1 aliphatic carbocycles. The Morgan fingerprint density at radius 1 is 1.15 bits per heavy atom. The predicted molar refractivity (Wildman–Crippen MR) is 104 cm³/mol. The number of rotatable bonds is 4. The van der Waals surface area contributed by atoms with E-state index in [1.54, 1.807) is 0 Å². The number of hydrogen-bond donors (Lipinski definition) is 2. The van der Waals surface area contributed by atoms with Crippen molar-refractivity contribution in [1.82, 2.24) is 10.2 Å². The van der Waals surface area contributed by atoms with Crippen LogP contribution in [0.5, 0.6) is 0 Å². The van der Waals surface area contributed by atoms with Crippen molar-refractivity contribution in [3.63, 3.8) is 0 Å². The Hall–Kier alpha value is -2.37. The van der Waals surface area contributed by atoms with Crippen LogP contribution in [0.4, 0.5) is 10.5 Å². The molecule has 1 saturated carbocycles. The summed E-state index contributed by atoms with van der Waals surface area (Å²) in [4.78, 5) is 39.1. The first-order chi connectivity index (χ1) is 13.0. The fourth-order valence-corrected chi connectivity index (χ4v) is 4.19. The second kappa shape index (κ2) is 8.11. The molecule has 0 atom stereocenters. The highest BCUT2D eigenvalue weighted by Crippen LogP contribution is 2.32. The molecule has 2 aliphatic rings. The summed E-state index contributed by atoms with van der Waals surface area (Å²) in [6, 6.07) is 5.42. The van der Waals surface area contributed by atoms with Crippen molar-refractivity contribution in [2.24, 2.45) is 0 Å².